The van der Waals surface area contributed by atoms with Crippen LogP contribution in [0.25, 0.3) is 0 Å². The van der Waals surface area contributed by atoms with E-state index >= 15 is 0 Å². The predicted octanol–water partition coefficient (Wildman–Crippen LogP) is 3.76. The van der Waals surface area contributed by atoms with E-state index in [0.29, 0.717) is 17.2 Å². The zero-order chi connectivity index (χ0) is 14.5. The molecule has 1 aromatic carbocycles. The molecule has 0 N–H and O–H groups in total. The lowest BCUT2D eigenvalue weighted by Crippen LogP contribution is -2.45. The summed E-state index contributed by atoms with van der Waals surface area (Å²) in [5.74, 6) is 1.52. The first-order valence-electron chi connectivity index (χ1n) is 7.31. The maximum atomic E-state index is 12.5. The van der Waals surface area contributed by atoms with E-state index in [2.05, 4.69) is 6.92 Å². The van der Waals surface area contributed by atoms with Gasteiger partial charge in [-0.05, 0) is 49.4 Å². The normalized spacial score (nSPS) is 17.9. The van der Waals surface area contributed by atoms with Crippen LogP contribution in [-0.2, 0) is 4.79 Å². The van der Waals surface area contributed by atoms with Crippen molar-refractivity contribution in [2.24, 2.45) is 5.92 Å². The van der Waals surface area contributed by atoms with Crippen molar-refractivity contribution in [2.45, 2.75) is 39.2 Å². The van der Waals surface area contributed by atoms with Gasteiger partial charge in [0.05, 0.1) is 0 Å². The molecule has 3 nitrogen and oxygen atoms in total. The molecule has 20 heavy (non-hydrogen) atoms. The van der Waals surface area contributed by atoms with Gasteiger partial charge >= 0.3 is 0 Å². The van der Waals surface area contributed by atoms with Crippen LogP contribution >= 0.6 is 11.6 Å². The molecular weight excluding hydrogens is 274 g/mol. The van der Waals surface area contributed by atoms with Crippen LogP contribution in [0.4, 0.5) is 0 Å². The number of amides is 1. The van der Waals surface area contributed by atoms with E-state index in [1.807, 2.05) is 11.8 Å². The molecule has 0 radical (unpaired) electrons. The van der Waals surface area contributed by atoms with Gasteiger partial charge in [0.15, 0.2) is 6.10 Å². The first-order chi connectivity index (χ1) is 9.60. The Labute approximate surface area is 125 Å². The Morgan fingerprint density at radius 2 is 1.95 bits per heavy atom. The van der Waals surface area contributed by atoms with Crippen LogP contribution in [0.5, 0.6) is 5.75 Å². The lowest BCUT2D eigenvalue weighted by Gasteiger charge is -2.32. The highest BCUT2D eigenvalue weighted by molar-refractivity contribution is 6.30. The second-order valence-corrected chi connectivity index (χ2v) is 5.91. The Bertz CT molecular complexity index is 438. The van der Waals surface area contributed by atoms with Gasteiger partial charge in [-0.2, -0.15) is 0 Å². The number of carbonyl (C=O) groups is 1. The molecule has 0 spiro atoms. The average molecular weight is 296 g/mol. The first kappa shape index (κ1) is 15.2. The molecule has 1 aromatic rings. The summed E-state index contributed by atoms with van der Waals surface area (Å²) in [5, 5.41) is 0.668. The van der Waals surface area contributed by atoms with Crippen LogP contribution in [0.3, 0.4) is 0 Å². The molecule has 0 unspecified atom stereocenters. The van der Waals surface area contributed by atoms with Crippen LogP contribution in [0, 0.1) is 5.92 Å². The summed E-state index contributed by atoms with van der Waals surface area (Å²) in [4.78, 5) is 14.4. The molecule has 0 aliphatic carbocycles. The Kier molecular flexibility index (Phi) is 5.30. The van der Waals surface area contributed by atoms with Crippen molar-refractivity contribution in [3.8, 4) is 5.75 Å². The van der Waals surface area contributed by atoms with Crippen LogP contribution < -0.4 is 4.74 Å². The largest absolute Gasteiger partial charge is 0.481 e. The van der Waals surface area contributed by atoms with Crippen molar-refractivity contribution in [2.75, 3.05) is 13.1 Å². The number of nitrogens with zero attached hydrogens (tertiary/aromatic N) is 1. The van der Waals surface area contributed by atoms with Crippen LogP contribution in [0.2, 0.25) is 5.02 Å². The minimum Gasteiger partial charge on any atom is -0.481 e. The van der Waals surface area contributed by atoms with E-state index in [1.165, 1.54) is 0 Å². The second-order valence-electron chi connectivity index (χ2n) is 5.48. The Morgan fingerprint density at radius 3 is 2.50 bits per heavy atom. The number of carbonyl (C=O) groups excluding carboxylic acids is 1. The number of likely N-dealkylation sites (tertiary alicyclic amines) is 1. The smallest absolute Gasteiger partial charge is 0.263 e. The molecule has 1 heterocycles. The Morgan fingerprint density at radius 1 is 1.35 bits per heavy atom. The average Bonchev–Trinajstić information content (AvgIpc) is 2.47. The minimum absolute atomic E-state index is 0.106. The minimum atomic E-state index is -0.399. The fraction of sp³-hybridized carbons (Fsp3) is 0.562. The predicted molar refractivity (Wildman–Crippen MR) is 81.1 cm³/mol. The second kappa shape index (κ2) is 6.98. The zero-order valence-electron chi connectivity index (χ0n) is 12.1. The molecule has 0 aromatic heterocycles. The van der Waals surface area contributed by atoms with Crippen molar-refractivity contribution in [3.63, 3.8) is 0 Å². The standard InChI is InChI=1S/C16H22ClNO2/c1-3-15(20-14-6-4-13(17)5-7-14)16(19)18-10-8-12(2)9-11-18/h4-7,12,15H,3,8-11H2,1-2H3/t15-/m0/s1. The third-order valence-corrected chi connectivity index (χ3v) is 4.09. The van der Waals surface area contributed by atoms with Crippen LogP contribution in [-0.4, -0.2) is 30.0 Å². The number of benzene rings is 1. The Hall–Kier alpha value is -1.22. The summed E-state index contributed by atoms with van der Waals surface area (Å²) in [6.45, 7) is 5.91. The summed E-state index contributed by atoms with van der Waals surface area (Å²) in [5.41, 5.74) is 0. The highest BCUT2D eigenvalue weighted by atomic mass is 35.5. The van der Waals surface area contributed by atoms with Gasteiger partial charge in [-0.25, -0.2) is 0 Å². The van der Waals surface area contributed by atoms with E-state index in [4.69, 9.17) is 16.3 Å². The third-order valence-electron chi connectivity index (χ3n) is 3.83. The quantitative estimate of drug-likeness (QED) is 0.846. The summed E-state index contributed by atoms with van der Waals surface area (Å²) >= 11 is 5.85. The van der Waals surface area contributed by atoms with E-state index in [9.17, 15) is 4.79 Å². The lowest BCUT2D eigenvalue weighted by molar-refractivity contribution is -0.140. The zero-order valence-corrected chi connectivity index (χ0v) is 12.9. The van der Waals surface area contributed by atoms with Crippen molar-refractivity contribution in [1.29, 1.82) is 0 Å². The van der Waals surface area contributed by atoms with Gasteiger partial charge in [0.25, 0.3) is 5.91 Å². The van der Waals surface area contributed by atoms with Gasteiger partial charge in [0, 0.05) is 18.1 Å². The van der Waals surface area contributed by atoms with Gasteiger partial charge in [-0.3, -0.25) is 4.79 Å². The van der Waals surface area contributed by atoms with E-state index in [0.717, 1.165) is 31.8 Å². The van der Waals surface area contributed by atoms with Crippen molar-refractivity contribution < 1.29 is 9.53 Å². The molecular formula is C16H22ClNO2. The topological polar surface area (TPSA) is 29.5 Å². The van der Waals surface area contributed by atoms with E-state index < -0.39 is 6.10 Å². The van der Waals surface area contributed by atoms with Gasteiger partial charge < -0.3 is 9.64 Å². The molecule has 0 bridgehead atoms. The van der Waals surface area contributed by atoms with E-state index in [-0.39, 0.29) is 5.91 Å². The summed E-state index contributed by atoms with van der Waals surface area (Å²) < 4.78 is 5.81. The summed E-state index contributed by atoms with van der Waals surface area (Å²) in [6, 6.07) is 7.15. The molecule has 2 rings (SSSR count). The molecule has 1 atom stereocenters. The number of rotatable bonds is 4. The molecule has 1 amide bonds. The SMILES string of the molecule is CC[C@H](Oc1ccc(Cl)cc1)C(=O)N1CCC(C)CC1. The molecule has 4 heteroatoms. The summed E-state index contributed by atoms with van der Waals surface area (Å²) in [7, 11) is 0. The fourth-order valence-corrected chi connectivity index (χ4v) is 2.54. The van der Waals surface area contributed by atoms with Gasteiger partial charge in [0.2, 0.25) is 0 Å². The number of halogens is 1. The molecule has 1 aliphatic heterocycles. The van der Waals surface area contributed by atoms with Crippen molar-refractivity contribution in [3.05, 3.63) is 29.3 Å². The first-order valence-corrected chi connectivity index (χ1v) is 7.69. The number of ether oxygens (including phenoxy) is 1. The van der Waals surface area contributed by atoms with E-state index in [1.54, 1.807) is 24.3 Å². The highest BCUT2D eigenvalue weighted by Gasteiger charge is 2.27. The van der Waals surface area contributed by atoms with Crippen molar-refractivity contribution >= 4 is 17.5 Å². The number of piperidine rings is 1. The Balaban J connectivity index is 1.97. The molecule has 1 aliphatic rings. The summed E-state index contributed by atoms with van der Waals surface area (Å²) in [6.07, 6.45) is 2.45. The van der Waals surface area contributed by atoms with Gasteiger partial charge in [0.1, 0.15) is 5.75 Å². The van der Waals surface area contributed by atoms with Crippen molar-refractivity contribution in [1.82, 2.24) is 4.90 Å². The molecule has 1 fully saturated rings. The molecule has 1 saturated heterocycles. The maximum absolute atomic E-state index is 12.5. The van der Waals surface area contributed by atoms with Crippen LogP contribution in [0.15, 0.2) is 24.3 Å². The fourth-order valence-electron chi connectivity index (χ4n) is 2.42. The lowest BCUT2D eigenvalue weighted by atomic mass is 9.99. The maximum Gasteiger partial charge on any atom is 0.263 e. The molecule has 0 saturated carbocycles. The molecule has 110 valence electrons. The van der Waals surface area contributed by atoms with Gasteiger partial charge in [-0.15, -0.1) is 0 Å². The highest BCUT2D eigenvalue weighted by Crippen LogP contribution is 2.21. The number of hydrogen-bond donors (Lipinski definition) is 0. The number of hydrogen-bond acceptors (Lipinski definition) is 2. The third kappa shape index (κ3) is 3.89. The van der Waals surface area contributed by atoms with Crippen LogP contribution in [0.1, 0.15) is 33.1 Å². The van der Waals surface area contributed by atoms with Gasteiger partial charge in [-0.1, -0.05) is 25.4 Å². The monoisotopic (exact) mass is 295 g/mol.